The number of aliphatic hydroxyl groups excluding tert-OH is 1. The zero-order valence-electron chi connectivity index (χ0n) is 7.70. The second-order valence-electron chi connectivity index (χ2n) is 2.83. The van der Waals surface area contributed by atoms with E-state index in [1.54, 1.807) is 14.0 Å². The fourth-order valence-electron chi connectivity index (χ4n) is 0.618. The molecule has 0 fully saturated rings. The van der Waals surface area contributed by atoms with Crippen LogP contribution in [0.2, 0.25) is 0 Å². The molecule has 3 nitrogen and oxygen atoms in total. The maximum atomic E-state index is 8.89. The Labute approximate surface area is 68.3 Å². The Morgan fingerprint density at radius 3 is 2.09 bits per heavy atom. The Morgan fingerprint density at radius 2 is 1.73 bits per heavy atom. The Morgan fingerprint density at radius 1 is 1.18 bits per heavy atom. The Balaban J connectivity index is 3.43. The van der Waals surface area contributed by atoms with Crippen molar-refractivity contribution < 1.29 is 14.6 Å². The lowest BCUT2D eigenvalue weighted by Gasteiger charge is -2.19. The van der Waals surface area contributed by atoms with Crippen LogP contribution < -0.4 is 0 Å². The summed E-state index contributed by atoms with van der Waals surface area (Å²) >= 11 is 0. The van der Waals surface area contributed by atoms with Crippen LogP contribution in [-0.4, -0.2) is 37.1 Å². The van der Waals surface area contributed by atoms with Crippen LogP contribution >= 0.6 is 0 Å². The monoisotopic (exact) mass is 162 g/mol. The molecule has 0 bridgehead atoms. The van der Waals surface area contributed by atoms with Crippen LogP contribution in [0.25, 0.3) is 0 Å². The van der Waals surface area contributed by atoms with Crippen molar-refractivity contribution in [1.82, 2.24) is 0 Å². The third kappa shape index (κ3) is 5.18. The van der Waals surface area contributed by atoms with Crippen molar-refractivity contribution in [2.24, 2.45) is 0 Å². The van der Waals surface area contributed by atoms with Gasteiger partial charge in [-0.1, -0.05) is 0 Å². The molecule has 3 heteroatoms. The third-order valence-electron chi connectivity index (χ3n) is 1.63. The highest BCUT2D eigenvalue weighted by atomic mass is 16.5. The molecule has 0 aromatic heterocycles. The molecule has 0 saturated carbocycles. The molecule has 0 rings (SSSR count). The zero-order chi connectivity index (χ0) is 8.85. The van der Waals surface area contributed by atoms with E-state index in [0.29, 0.717) is 6.61 Å². The van der Waals surface area contributed by atoms with Gasteiger partial charge in [0, 0.05) is 7.11 Å². The first-order chi connectivity index (χ1) is 5.07. The lowest BCUT2D eigenvalue weighted by atomic mass is 10.2. The number of hydrogen-bond donors (Lipinski definition) is 1. The van der Waals surface area contributed by atoms with Crippen molar-refractivity contribution in [3.05, 3.63) is 0 Å². The minimum atomic E-state index is -0.401. The van der Waals surface area contributed by atoms with E-state index in [2.05, 4.69) is 0 Å². The second kappa shape index (κ2) is 5.52. The maximum Gasteiger partial charge on any atom is 0.0807 e. The van der Waals surface area contributed by atoms with Crippen molar-refractivity contribution in [1.29, 1.82) is 0 Å². The standard InChI is InChI=1S/C8H18O3/c1-6(9)5-11-8(3)7(2)10-4/h6-9H,5H2,1-4H3. The van der Waals surface area contributed by atoms with Gasteiger partial charge in [-0.2, -0.15) is 0 Å². The molecule has 0 spiro atoms. The molecule has 3 atom stereocenters. The molecule has 68 valence electrons. The summed E-state index contributed by atoms with van der Waals surface area (Å²) in [7, 11) is 1.65. The minimum absolute atomic E-state index is 0.0367. The largest absolute Gasteiger partial charge is 0.391 e. The molecule has 0 heterocycles. The summed E-state index contributed by atoms with van der Waals surface area (Å²) in [5, 5.41) is 8.89. The molecule has 0 aromatic carbocycles. The van der Waals surface area contributed by atoms with Gasteiger partial charge in [-0.15, -0.1) is 0 Å². The first-order valence-corrected chi connectivity index (χ1v) is 3.90. The predicted octanol–water partition coefficient (Wildman–Crippen LogP) is 0.807. The summed E-state index contributed by atoms with van der Waals surface area (Å²) in [6.07, 6.45) is -0.287. The number of methoxy groups -OCH3 is 1. The van der Waals surface area contributed by atoms with Gasteiger partial charge in [-0.25, -0.2) is 0 Å². The van der Waals surface area contributed by atoms with E-state index < -0.39 is 6.10 Å². The van der Waals surface area contributed by atoms with Gasteiger partial charge in [0.15, 0.2) is 0 Å². The summed E-state index contributed by atoms with van der Waals surface area (Å²) in [4.78, 5) is 0. The molecule has 0 radical (unpaired) electrons. The number of ether oxygens (including phenoxy) is 2. The van der Waals surface area contributed by atoms with Crippen LogP contribution in [0.5, 0.6) is 0 Å². The second-order valence-corrected chi connectivity index (χ2v) is 2.83. The van der Waals surface area contributed by atoms with Crippen molar-refractivity contribution in [3.63, 3.8) is 0 Å². The first kappa shape index (κ1) is 10.9. The van der Waals surface area contributed by atoms with E-state index in [1.165, 1.54) is 0 Å². The molecule has 0 amide bonds. The topological polar surface area (TPSA) is 38.7 Å². The highest BCUT2D eigenvalue weighted by molar-refractivity contribution is 4.59. The van der Waals surface area contributed by atoms with E-state index in [1.807, 2.05) is 13.8 Å². The SMILES string of the molecule is COC(C)C(C)OCC(C)O. The summed E-state index contributed by atoms with van der Waals surface area (Å²) in [6, 6.07) is 0. The fourth-order valence-corrected chi connectivity index (χ4v) is 0.618. The molecule has 0 aliphatic carbocycles. The molecule has 1 N–H and O–H groups in total. The van der Waals surface area contributed by atoms with Gasteiger partial charge in [-0.05, 0) is 20.8 Å². The van der Waals surface area contributed by atoms with Crippen LogP contribution in [0.3, 0.4) is 0 Å². The highest BCUT2D eigenvalue weighted by Gasteiger charge is 2.11. The minimum Gasteiger partial charge on any atom is -0.391 e. The Bertz CT molecular complexity index is 93.3. The van der Waals surface area contributed by atoms with Gasteiger partial charge in [0.05, 0.1) is 24.9 Å². The molecular formula is C8H18O3. The molecule has 0 saturated heterocycles. The van der Waals surface area contributed by atoms with Gasteiger partial charge in [0.2, 0.25) is 0 Å². The quantitative estimate of drug-likeness (QED) is 0.650. The van der Waals surface area contributed by atoms with E-state index in [9.17, 15) is 0 Å². The maximum absolute atomic E-state index is 8.89. The lowest BCUT2D eigenvalue weighted by Crippen LogP contribution is -2.27. The normalized spacial score (nSPS) is 19.4. The molecule has 0 aliphatic heterocycles. The first-order valence-electron chi connectivity index (χ1n) is 3.90. The number of hydrogen-bond acceptors (Lipinski definition) is 3. The molecule has 0 aromatic rings. The molecule has 11 heavy (non-hydrogen) atoms. The van der Waals surface area contributed by atoms with Crippen LogP contribution in [0.4, 0.5) is 0 Å². The molecular weight excluding hydrogens is 144 g/mol. The van der Waals surface area contributed by atoms with Crippen LogP contribution in [0.1, 0.15) is 20.8 Å². The Kier molecular flexibility index (Phi) is 5.46. The van der Waals surface area contributed by atoms with Crippen molar-refractivity contribution >= 4 is 0 Å². The van der Waals surface area contributed by atoms with Crippen molar-refractivity contribution in [2.75, 3.05) is 13.7 Å². The summed E-state index contributed by atoms with van der Waals surface area (Å²) in [5.41, 5.74) is 0. The van der Waals surface area contributed by atoms with Crippen LogP contribution in [-0.2, 0) is 9.47 Å². The van der Waals surface area contributed by atoms with Crippen molar-refractivity contribution in [3.8, 4) is 0 Å². The highest BCUT2D eigenvalue weighted by Crippen LogP contribution is 2.01. The van der Waals surface area contributed by atoms with Gasteiger partial charge in [0.1, 0.15) is 0 Å². The van der Waals surface area contributed by atoms with E-state index in [0.717, 1.165) is 0 Å². The predicted molar refractivity (Wildman–Crippen MR) is 43.6 cm³/mol. The lowest BCUT2D eigenvalue weighted by molar-refractivity contribution is -0.0614. The number of aliphatic hydroxyl groups is 1. The third-order valence-corrected chi connectivity index (χ3v) is 1.63. The fraction of sp³-hybridized carbons (Fsp3) is 1.00. The van der Waals surface area contributed by atoms with E-state index in [-0.39, 0.29) is 12.2 Å². The summed E-state index contributed by atoms with van der Waals surface area (Å²) in [5.74, 6) is 0. The van der Waals surface area contributed by atoms with Crippen LogP contribution in [0.15, 0.2) is 0 Å². The summed E-state index contributed by atoms with van der Waals surface area (Å²) in [6.45, 7) is 5.93. The van der Waals surface area contributed by atoms with Crippen LogP contribution in [0, 0.1) is 0 Å². The number of rotatable bonds is 5. The van der Waals surface area contributed by atoms with Gasteiger partial charge >= 0.3 is 0 Å². The average molecular weight is 162 g/mol. The van der Waals surface area contributed by atoms with Gasteiger partial charge < -0.3 is 14.6 Å². The average Bonchev–Trinajstić information content (AvgIpc) is 1.98. The smallest absolute Gasteiger partial charge is 0.0807 e. The van der Waals surface area contributed by atoms with Crippen molar-refractivity contribution in [2.45, 2.75) is 39.1 Å². The Hall–Kier alpha value is -0.120. The van der Waals surface area contributed by atoms with E-state index in [4.69, 9.17) is 14.6 Å². The molecule has 0 aliphatic rings. The van der Waals surface area contributed by atoms with E-state index >= 15 is 0 Å². The van der Waals surface area contributed by atoms with Gasteiger partial charge in [0.25, 0.3) is 0 Å². The van der Waals surface area contributed by atoms with Gasteiger partial charge in [-0.3, -0.25) is 0 Å². The zero-order valence-corrected chi connectivity index (χ0v) is 7.70. The molecule has 3 unspecified atom stereocenters. The summed E-state index contributed by atoms with van der Waals surface area (Å²) < 4.78 is 10.3.